The van der Waals surface area contributed by atoms with Crippen molar-refractivity contribution in [3.05, 3.63) is 71.3 Å². The van der Waals surface area contributed by atoms with E-state index in [1.165, 1.54) is 5.56 Å². The summed E-state index contributed by atoms with van der Waals surface area (Å²) in [6.45, 7) is 6.21. The Morgan fingerprint density at radius 2 is 1.84 bits per heavy atom. The molecule has 1 saturated heterocycles. The number of nitrogens with zero attached hydrogens (tertiary/aromatic N) is 4. The van der Waals surface area contributed by atoms with Gasteiger partial charge in [-0.15, -0.1) is 0 Å². The van der Waals surface area contributed by atoms with Crippen LogP contribution >= 0.6 is 0 Å². The second-order valence-corrected chi connectivity index (χ2v) is 8.65. The number of aromatic nitrogens is 2. The molecular formula is C25H30N4O2. The lowest BCUT2D eigenvalue weighted by Gasteiger charge is -2.42. The number of piperidine rings is 1. The first-order chi connectivity index (χ1) is 15.0. The minimum atomic E-state index is -0.403. The largest absolute Gasteiger partial charge is 0.338 e. The van der Waals surface area contributed by atoms with Gasteiger partial charge in [-0.05, 0) is 45.1 Å². The number of hydrogen-bond donors (Lipinski definition) is 0. The molecule has 0 N–H and O–H groups in total. The van der Waals surface area contributed by atoms with Gasteiger partial charge < -0.3 is 9.80 Å². The minimum Gasteiger partial charge on any atom is -0.338 e. The van der Waals surface area contributed by atoms with Gasteiger partial charge in [0.15, 0.2) is 0 Å². The van der Waals surface area contributed by atoms with E-state index in [9.17, 15) is 9.59 Å². The normalized spacial score (nSPS) is 18.3. The molecule has 6 nitrogen and oxygen atoms in total. The number of rotatable bonds is 4. The second kappa shape index (κ2) is 9.00. The van der Waals surface area contributed by atoms with E-state index in [4.69, 9.17) is 0 Å². The molecule has 2 aliphatic heterocycles. The number of likely N-dealkylation sites (tertiary alicyclic amines) is 1. The van der Waals surface area contributed by atoms with Crippen LogP contribution in [0, 0.1) is 19.3 Å². The highest BCUT2D eigenvalue weighted by Gasteiger charge is 2.44. The monoisotopic (exact) mass is 418 g/mol. The summed E-state index contributed by atoms with van der Waals surface area (Å²) in [6, 6.07) is 10.3. The summed E-state index contributed by atoms with van der Waals surface area (Å²) in [4.78, 5) is 38.9. The lowest BCUT2D eigenvalue weighted by Crippen LogP contribution is -2.51. The van der Waals surface area contributed by atoms with Crippen molar-refractivity contribution in [3.63, 3.8) is 0 Å². The van der Waals surface area contributed by atoms with E-state index in [2.05, 4.69) is 34.3 Å². The molecule has 0 bridgehead atoms. The Morgan fingerprint density at radius 1 is 1.10 bits per heavy atom. The Bertz CT molecular complexity index is 978. The predicted octanol–water partition coefficient (Wildman–Crippen LogP) is 3.35. The van der Waals surface area contributed by atoms with Crippen molar-refractivity contribution < 1.29 is 9.59 Å². The van der Waals surface area contributed by atoms with Gasteiger partial charge in [0.25, 0.3) is 5.91 Å². The fourth-order valence-corrected chi connectivity index (χ4v) is 4.64. The summed E-state index contributed by atoms with van der Waals surface area (Å²) >= 11 is 0. The molecule has 0 aliphatic carbocycles. The first kappa shape index (κ1) is 21.2. The molecule has 0 atom stereocenters. The number of benzene rings is 1. The molecule has 0 saturated carbocycles. The third-order valence-electron chi connectivity index (χ3n) is 6.59. The zero-order valence-electron chi connectivity index (χ0n) is 18.4. The number of carbonyl (C=O) groups excluding carboxylic acids is 2. The Balaban J connectivity index is 1.42. The summed E-state index contributed by atoms with van der Waals surface area (Å²) < 4.78 is 0. The van der Waals surface area contributed by atoms with Gasteiger partial charge in [0.1, 0.15) is 5.82 Å². The lowest BCUT2D eigenvalue weighted by atomic mass is 9.74. The summed E-state index contributed by atoms with van der Waals surface area (Å²) in [7, 11) is 0. The molecule has 1 aromatic carbocycles. The minimum absolute atomic E-state index is 0.0371. The molecule has 3 heterocycles. The van der Waals surface area contributed by atoms with Crippen LogP contribution in [0.25, 0.3) is 0 Å². The molecule has 2 aliphatic rings. The summed E-state index contributed by atoms with van der Waals surface area (Å²) in [5.41, 5.74) is 2.10. The van der Waals surface area contributed by atoms with Crippen molar-refractivity contribution in [2.24, 2.45) is 5.41 Å². The highest BCUT2D eigenvalue weighted by Crippen LogP contribution is 2.39. The van der Waals surface area contributed by atoms with E-state index in [1.807, 2.05) is 41.8 Å². The summed E-state index contributed by atoms with van der Waals surface area (Å²) in [5, 5.41) is 0. The zero-order chi connectivity index (χ0) is 21.8. The third kappa shape index (κ3) is 4.53. The SMILES string of the molecule is Cc1ncc(C(=O)N2CCC3(CC=CCN(CCc4ccccc4)C3=O)CC2)c(C)n1. The highest BCUT2D eigenvalue weighted by atomic mass is 16.2. The van der Waals surface area contributed by atoms with E-state index >= 15 is 0 Å². The number of hydrogen-bond acceptors (Lipinski definition) is 4. The summed E-state index contributed by atoms with van der Waals surface area (Å²) in [6.07, 6.45) is 8.87. The van der Waals surface area contributed by atoms with Gasteiger partial charge in [0, 0.05) is 32.4 Å². The van der Waals surface area contributed by atoms with Crippen LogP contribution in [0.3, 0.4) is 0 Å². The third-order valence-corrected chi connectivity index (χ3v) is 6.59. The average Bonchev–Trinajstić information content (AvgIpc) is 2.92. The van der Waals surface area contributed by atoms with Crippen molar-refractivity contribution in [3.8, 4) is 0 Å². The molecule has 1 fully saturated rings. The van der Waals surface area contributed by atoms with Crippen LogP contribution in [0.5, 0.6) is 0 Å². The van der Waals surface area contributed by atoms with Crippen molar-refractivity contribution in [2.75, 3.05) is 26.2 Å². The first-order valence-electron chi connectivity index (χ1n) is 11.1. The van der Waals surface area contributed by atoms with E-state index in [-0.39, 0.29) is 11.8 Å². The molecule has 2 aromatic rings. The van der Waals surface area contributed by atoms with Gasteiger partial charge in [0.05, 0.1) is 16.7 Å². The Morgan fingerprint density at radius 3 is 2.55 bits per heavy atom. The second-order valence-electron chi connectivity index (χ2n) is 8.65. The van der Waals surface area contributed by atoms with Gasteiger partial charge in [-0.1, -0.05) is 42.5 Å². The molecule has 0 radical (unpaired) electrons. The van der Waals surface area contributed by atoms with E-state index in [0.717, 1.165) is 19.4 Å². The van der Waals surface area contributed by atoms with E-state index < -0.39 is 5.41 Å². The molecule has 2 amide bonds. The molecular weight excluding hydrogens is 388 g/mol. The van der Waals surface area contributed by atoms with Crippen LogP contribution < -0.4 is 0 Å². The van der Waals surface area contributed by atoms with Crippen molar-refractivity contribution in [1.82, 2.24) is 19.8 Å². The Kier molecular flexibility index (Phi) is 6.16. The fraction of sp³-hybridized carbons (Fsp3) is 0.440. The number of allylic oxidation sites excluding steroid dienone is 1. The van der Waals surface area contributed by atoms with Gasteiger partial charge >= 0.3 is 0 Å². The first-order valence-corrected chi connectivity index (χ1v) is 11.1. The van der Waals surface area contributed by atoms with Gasteiger partial charge in [-0.3, -0.25) is 9.59 Å². The van der Waals surface area contributed by atoms with Crippen molar-refractivity contribution in [2.45, 2.75) is 39.5 Å². The molecule has 1 aromatic heterocycles. The average molecular weight is 419 g/mol. The molecule has 4 rings (SSSR count). The molecule has 1 spiro atoms. The van der Waals surface area contributed by atoms with Crippen LogP contribution in [0.1, 0.15) is 46.7 Å². The van der Waals surface area contributed by atoms with Crippen LogP contribution in [0.15, 0.2) is 48.7 Å². The predicted molar refractivity (Wildman–Crippen MR) is 120 cm³/mol. The van der Waals surface area contributed by atoms with Crippen molar-refractivity contribution in [1.29, 1.82) is 0 Å². The molecule has 162 valence electrons. The Labute approximate surface area is 184 Å². The number of carbonyl (C=O) groups is 2. The molecule has 0 unspecified atom stereocenters. The maximum absolute atomic E-state index is 13.5. The maximum Gasteiger partial charge on any atom is 0.257 e. The topological polar surface area (TPSA) is 66.4 Å². The fourth-order valence-electron chi connectivity index (χ4n) is 4.64. The van der Waals surface area contributed by atoms with Crippen LogP contribution in [0.4, 0.5) is 0 Å². The smallest absolute Gasteiger partial charge is 0.257 e. The van der Waals surface area contributed by atoms with Gasteiger partial charge in [-0.25, -0.2) is 9.97 Å². The van der Waals surface area contributed by atoms with Gasteiger partial charge in [-0.2, -0.15) is 0 Å². The molecule has 6 heteroatoms. The van der Waals surface area contributed by atoms with Crippen LogP contribution in [-0.2, 0) is 11.2 Å². The lowest BCUT2D eigenvalue weighted by molar-refractivity contribution is -0.143. The number of amides is 2. The molecule has 31 heavy (non-hydrogen) atoms. The van der Waals surface area contributed by atoms with Crippen molar-refractivity contribution >= 4 is 11.8 Å². The van der Waals surface area contributed by atoms with E-state index in [1.54, 1.807) is 6.20 Å². The van der Waals surface area contributed by atoms with Crippen LogP contribution in [-0.4, -0.2) is 57.8 Å². The Hall–Kier alpha value is -3.02. The number of aryl methyl sites for hydroxylation is 2. The van der Waals surface area contributed by atoms with Gasteiger partial charge in [0.2, 0.25) is 5.91 Å². The standard InChI is InChI=1S/C25H30N4O2/c1-19-22(18-26-20(2)27-19)23(30)28-16-12-25(13-17-28)11-6-7-14-29(24(25)31)15-10-21-8-4-3-5-9-21/h3-9,18H,10-17H2,1-2H3. The highest BCUT2D eigenvalue weighted by molar-refractivity contribution is 5.95. The maximum atomic E-state index is 13.5. The van der Waals surface area contributed by atoms with E-state index in [0.29, 0.717) is 49.6 Å². The van der Waals surface area contributed by atoms with Crippen LogP contribution in [0.2, 0.25) is 0 Å². The summed E-state index contributed by atoms with van der Waals surface area (Å²) in [5.74, 6) is 0.860. The quantitative estimate of drug-likeness (QED) is 0.715. The zero-order valence-corrected chi connectivity index (χ0v) is 18.4.